The maximum Gasteiger partial charge on any atom is 0.203 e. The number of benzene rings is 4. The Morgan fingerprint density at radius 3 is 0.377 bits per heavy atom. The van der Waals surface area contributed by atoms with Gasteiger partial charge in [0.25, 0.3) is 0 Å². The second kappa shape index (κ2) is 81.1. The highest BCUT2D eigenvalue weighted by molar-refractivity contribution is 7.19. The Balaban J connectivity index is 1.36. The lowest BCUT2D eigenvalue weighted by atomic mass is 10.1. The standard InChI is InChI=1S/C120H198N6O9S3/c1-10-19-28-37-46-55-64-73-82-127-106-94-103(95-107(128-83-74-65-56-47-38-29-20-11-2)112(106)133-88-79-70-61-52-43-34-25-16-7)118-124-121-115(136-118)100-91-101(116-122-125-119(137-116)104-96-108(129-84-75-66-57-48-39-30-21-12-3)113(134-89-80-71-62-53-44-35-26-17-8)109(97-104)130-85-76-67-58-49-40-31-22-13-4)93-102(92-100)117-123-126-120(138-117)105-98-110(131-86-77-68-59-50-41-32-23-14-5)114(135-90-81-72-63-54-45-36-27-18-9)111(99-105)132-87-78-69-60-51-42-33-24-15-6/h91-99H,10-90H2,1-9H3. The summed E-state index contributed by atoms with van der Waals surface area (Å²) in [5, 5.41) is 35.4. The summed E-state index contributed by atoms with van der Waals surface area (Å²) in [6.45, 7) is 26.0. The van der Waals surface area contributed by atoms with Gasteiger partial charge in [-0.3, -0.25) is 0 Å². The van der Waals surface area contributed by atoms with Gasteiger partial charge in [-0.1, -0.05) is 501 Å². The molecule has 0 bridgehead atoms. The fourth-order valence-corrected chi connectivity index (χ4v) is 20.7. The zero-order valence-corrected chi connectivity index (χ0v) is 92.0. The minimum absolute atomic E-state index is 0.588. The van der Waals surface area contributed by atoms with Gasteiger partial charge in [0, 0.05) is 33.4 Å². The van der Waals surface area contributed by atoms with Gasteiger partial charge in [0.2, 0.25) is 17.2 Å². The maximum absolute atomic E-state index is 6.97. The lowest BCUT2D eigenvalue weighted by Gasteiger charge is -2.18. The van der Waals surface area contributed by atoms with Gasteiger partial charge in [-0.2, -0.15) is 0 Å². The summed E-state index contributed by atoms with van der Waals surface area (Å²) in [4.78, 5) is 0. The van der Waals surface area contributed by atoms with Crippen molar-refractivity contribution in [1.29, 1.82) is 0 Å². The molecule has 0 aliphatic rings. The van der Waals surface area contributed by atoms with Crippen LogP contribution >= 0.6 is 34.0 Å². The molecule has 0 N–H and O–H groups in total. The molecular weight excluding hydrogens is 1770 g/mol. The Morgan fingerprint density at radius 2 is 0.246 bits per heavy atom. The summed E-state index contributed by atoms with van der Waals surface area (Å²) in [6.07, 6.45) is 87.8. The van der Waals surface area contributed by atoms with Gasteiger partial charge in [-0.15, -0.1) is 30.6 Å². The van der Waals surface area contributed by atoms with Crippen LogP contribution in [0, 0.1) is 0 Å². The van der Waals surface area contributed by atoms with Crippen LogP contribution in [0.4, 0.5) is 0 Å². The molecule has 0 aliphatic heterocycles. The van der Waals surface area contributed by atoms with Crippen molar-refractivity contribution in [2.75, 3.05) is 59.5 Å². The number of hydrogen-bond acceptors (Lipinski definition) is 18. The van der Waals surface area contributed by atoms with Crippen molar-refractivity contribution in [2.45, 2.75) is 525 Å². The molecule has 138 heavy (non-hydrogen) atoms. The molecule has 0 saturated heterocycles. The molecule has 15 nitrogen and oxygen atoms in total. The van der Waals surface area contributed by atoms with Crippen LogP contribution in [-0.4, -0.2) is 90.1 Å². The third-order valence-electron chi connectivity index (χ3n) is 27.0. The zero-order chi connectivity index (χ0) is 97.5. The first kappa shape index (κ1) is 119. The Hall–Kier alpha value is -6.24. The second-order valence-electron chi connectivity index (χ2n) is 39.9. The number of unbranched alkanes of at least 4 members (excludes halogenated alkanes) is 63. The largest absolute Gasteiger partial charge is 0.490 e. The van der Waals surface area contributed by atoms with Crippen molar-refractivity contribution in [1.82, 2.24) is 30.6 Å². The average Bonchev–Trinajstić information content (AvgIpc) is 1.15. The van der Waals surface area contributed by atoms with E-state index in [4.69, 9.17) is 73.2 Å². The summed E-state index contributed by atoms with van der Waals surface area (Å²) < 4.78 is 62.6. The molecule has 7 rings (SSSR count). The first-order chi connectivity index (χ1) is 68.3. The predicted molar refractivity (Wildman–Crippen MR) is 592 cm³/mol. The lowest BCUT2D eigenvalue weighted by molar-refractivity contribution is 0.234. The van der Waals surface area contributed by atoms with E-state index < -0.39 is 0 Å². The van der Waals surface area contributed by atoms with E-state index >= 15 is 0 Å². The van der Waals surface area contributed by atoms with Crippen LogP contribution in [0.25, 0.3) is 63.4 Å². The molecule has 0 amide bonds. The van der Waals surface area contributed by atoms with Gasteiger partial charge < -0.3 is 42.6 Å². The number of ether oxygens (including phenoxy) is 9. The van der Waals surface area contributed by atoms with E-state index in [1.54, 1.807) is 34.0 Å². The van der Waals surface area contributed by atoms with E-state index in [1.165, 1.54) is 347 Å². The first-order valence-corrected chi connectivity index (χ1v) is 60.6. The molecule has 0 atom stereocenters. The van der Waals surface area contributed by atoms with Crippen LogP contribution in [0.5, 0.6) is 51.7 Å². The van der Waals surface area contributed by atoms with Crippen LogP contribution < -0.4 is 42.6 Å². The number of rotatable bonds is 96. The van der Waals surface area contributed by atoms with Gasteiger partial charge in [0.15, 0.2) is 34.5 Å². The maximum atomic E-state index is 6.97. The molecule has 0 unspecified atom stereocenters. The molecule has 0 aliphatic carbocycles. The quantitative estimate of drug-likeness (QED) is 0.0331. The van der Waals surface area contributed by atoms with Crippen LogP contribution in [0.1, 0.15) is 525 Å². The fraction of sp³-hybridized carbons (Fsp3) is 0.750. The lowest BCUT2D eigenvalue weighted by Crippen LogP contribution is -2.06. The molecule has 0 spiro atoms. The summed E-state index contributed by atoms with van der Waals surface area (Å²) >= 11 is 4.70. The van der Waals surface area contributed by atoms with Crippen LogP contribution in [0.3, 0.4) is 0 Å². The molecule has 4 aromatic carbocycles. The molecule has 0 saturated carbocycles. The highest BCUT2D eigenvalue weighted by Gasteiger charge is 2.26. The van der Waals surface area contributed by atoms with E-state index in [0.717, 1.165) is 179 Å². The topological polar surface area (TPSA) is 160 Å². The Morgan fingerprint density at radius 1 is 0.138 bits per heavy atom. The van der Waals surface area contributed by atoms with Gasteiger partial charge in [0.1, 0.15) is 30.0 Å². The molecule has 0 radical (unpaired) electrons. The molecular formula is C120H198N6O9S3. The van der Waals surface area contributed by atoms with Crippen molar-refractivity contribution < 1.29 is 42.6 Å². The van der Waals surface area contributed by atoms with E-state index in [1.807, 2.05) is 0 Å². The molecule has 780 valence electrons. The molecule has 3 heterocycles. The summed E-state index contributed by atoms with van der Waals surface area (Å²) in [5.74, 6) is 6.32. The SMILES string of the molecule is CCCCCCCCCCOc1cc(-c2nnc(-c3cc(-c4nnc(-c5cc(OCCCCCCCCCC)c(OCCCCCCCCCC)c(OCCCCCCCCCC)c5)s4)cc(-c4nnc(-c5cc(OCCCCCCCCCC)c(OCCCCCCCCCC)c(OCCCCCCCCCC)c5)s4)c3)s2)cc(OCCCCCCCCCC)c1OCCCCCCCCCC. The summed E-state index contributed by atoms with van der Waals surface area (Å²) in [6, 6.07) is 19.4. The summed E-state index contributed by atoms with van der Waals surface area (Å²) in [7, 11) is 0. The average molecular weight is 1970 g/mol. The number of aromatic nitrogens is 6. The van der Waals surface area contributed by atoms with Gasteiger partial charge in [0.05, 0.1) is 59.5 Å². The zero-order valence-electron chi connectivity index (χ0n) is 89.6. The van der Waals surface area contributed by atoms with Crippen molar-refractivity contribution in [3.05, 3.63) is 54.6 Å². The Bertz CT molecular complexity index is 3520. The predicted octanol–water partition coefficient (Wildman–Crippen LogP) is 39.9. The van der Waals surface area contributed by atoms with Crippen molar-refractivity contribution in [3.8, 4) is 115 Å². The molecule has 7 aromatic rings. The monoisotopic (exact) mass is 1960 g/mol. The van der Waals surface area contributed by atoms with Gasteiger partial charge in [-0.25, -0.2) is 0 Å². The normalized spacial score (nSPS) is 11.5. The highest BCUT2D eigenvalue weighted by atomic mass is 32.1. The van der Waals surface area contributed by atoms with E-state index in [2.05, 4.69) is 117 Å². The minimum Gasteiger partial charge on any atom is -0.490 e. The van der Waals surface area contributed by atoms with E-state index in [0.29, 0.717) is 111 Å². The van der Waals surface area contributed by atoms with Crippen molar-refractivity contribution in [3.63, 3.8) is 0 Å². The fourth-order valence-electron chi connectivity index (χ4n) is 18.3. The minimum atomic E-state index is 0.588. The van der Waals surface area contributed by atoms with Crippen LogP contribution in [0.15, 0.2) is 54.6 Å². The Labute approximate surface area is 855 Å². The third kappa shape index (κ3) is 51.8. The first-order valence-electron chi connectivity index (χ1n) is 58.2. The summed E-state index contributed by atoms with van der Waals surface area (Å²) in [5.41, 5.74) is 5.27. The van der Waals surface area contributed by atoms with Crippen molar-refractivity contribution in [2.24, 2.45) is 0 Å². The second-order valence-corrected chi connectivity index (χ2v) is 42.8. The van der Waals surface area contributed by atoms with E-state index in [-0.39, 0.29) is 0 Å². The van der Waals surface area contributed by atoms with E-state index in [9.17, 15) is 0 Å². The van der Waals surface area contributed by atoms with Crippen LogP contribution in [0.2, 0.25) is 0 Å². The Kier molecular flexibility index (Phi) is 69.8. The smallest absolute Gasteiger partial charge is 0.203 e. The molecule has 3 aromatic heterocycles. The molecule has 18 heteroatoms. The van der Waals surface area contributed by atoms with Crippen LogP contribution in [-0.2, 0) is 0 Å². The highest BCUT2D eigenvalue weighted by Crippen LogP contribution is 2.49. The van der Waals surface area contributed by atoms with Crippen molar-refractivity contribution >= 4 is 34.0 Å². The van der Waals surface area contributed by atoms with Gasteiger partial charge in [-0.05, 0) is 112 Å². The number of hydrogen-bond donors (Lipinski definition) is 0. The van der Waals surface area contributed by atoms with Gasteiger partial charge >= 0.3 is 0 Å². The molecule has 0 fully saturated rings. The number of nitrogens with zero attached hydrogens (tertiary/aromatic N) is 6. The third-order valence-corrected chi connectivity index (χ3v) is 30.1.